The minimum absolute atomic E-state index is 0.396. The minimum atomic E-state index is -0.832. The maximum absolute atomic E-state index is 11.0. The lowest BCUT2D eigenvalue weighted by Crippen LogP contribution is -2.49. The molecule has 1 N–H and O–H groups in total. The van der Waals surface area contributed by atoms with E-state index in [4.69, 9.17) is 9.51 Å². The molecule has 1 saturated heterocycles. The molecule has 0 spiro atoms. The molecule has 2 aromatic heterocycles. The molecule has 1 aliphatic rings. The van der Waals surface area contributed by atoms with Crippen molar-refractivity contribution in [2.75, 3.05) is 13.1 Å². The summed E-state index contributed by atoms with van der Waals surface area (Å²) in [5, 5.41) is 14.8. The summed E-state index contributed by atoms with van der Waals surface area (Å²) in [5.41, 5.74) is 1.31. The van der Waals surface area contributed by atoms with Crippen LogP contribution in [0.15, 0.2) is 28.8 Å². The van der Waals surface area contributed by atoms with Crippen LogP contribution in [0, 0.1) is 6.92 Å². The van der Waals surface area contributed by atoms with Gasteiger partial charge in [0.25, 0.3) is 0 Å². The van der Waals surface area contributed by atoms with Gasteiger partial charge in [0.15, 0.2) is 5.82 Å². The summed E-state index contributed by atoms with van der Waals surface area (Å²) in [6.07, 6.45) is 2.08. The molecule has 1 aromatic carbocycles. The highest BCUT2D eigenvalue weighted by molar-refractivity contribution is 5.75. The first-order valence-electron chi connectivity index (χ1n) is 8.67. The number of para-hydroxylation sites is 2. The molecule has 0 amide bonds. The quantitative estimate of drug-likeness (QED) is 0.780. The summed E-state index contributed by atoms with van der Waals surface area (Å²) in [4.78, 5) is 11.2. The highest BCUT2D eigenvalue weighted by Crippen LogP contribution is 2.26. The predicted octanol–water partition coefficient (Wildman–Crippen LogP) is 1.83. The van der Waals surface area contributed by atoms with Gasteiger partial charge in [0.05, 0.1) is 29.6 Å². The molecule has 3 heterocycles. The molecular formula is C18H23N5O2. The lowest BCUT2D eigenvalue weighted by molar-refractivity contribution is -0.0381. The molecule has 7 nitrogen and oxygen atoms in total. The zero-order valence-electron chi connectivity index (χ0n) is 14.6. The van der Waals surface area contributed by atoms with Crippen LogP contribution >= 0.6 is 0 Å². The minimum Gasteiger partial charge on any atom is -0.388 e. The van der Waals surface area contributed by atoms with Crippen molar-refractivity contribution in [2.24, 2.45) is 7.05 Å². The topological polar surface area (TPSA) is 80.2 Å². The van der Waals surface area contributed by atoms with Gasteiger partial charge in [-0.25, -0.2) is 4.98 Å². The first-order valence-corrected chi connectivity index (χ1v) is 8.67. The van der Waals surface area contributed by atoms with Crippen molar-refractivity contribution in [3.8, 4) is 0 Å². The number of β-amino-alcohol motifs (C(OH)–C–C–N with tert-alkyl or cyclic N) is 1. The Balaban J connectivity index is 1.49. The Hall–Kier alpha value is -2.25. The van der Waals surface area contributed by atoms with E-state index in [1.807, 2.05) is 25.2 Å². The van der Waals surface area contributed by atoms with Crippen LogP contribution in [0.4, 0.5) is 0 Å². The van der Waals surface area contributed by atoms with E-state index in [-0.39, 0.29) is 0 Å². The fraction of sp³-hybridized carbons (Fsp3) is 0.500. The van der Waals surface area contributed by atoms with Gasteiger partial charge in [-0.1, -0.05) is 17.3 Å². The van der Waals surface area contributed by atoms with E-state index in [2.05, 4.69) is 25.7 Å². The Kier molecular flexibility index (Phi) is 4.05. The average molecular weight is 341 g/mol. The van der Waals surface area contributed by atoms with Crippen molar-refractivity contribution >= 4 is 11.0 Å². The molecule has 0 bridgehead atoms. The molecule has 0 aliphatic carbocycles. The third-order valence-electron chi connectivity index (χ3n) is 4.93. The summed E-state index contributed by atoms with van der Waals surface area (Å²) in [7, 11) is 2.04. The van der Waals surface area contributed by atoms with Crippen LogP contribution in [0.2, 0.25) is 0 Å². The number of piperidine rings is 1. The van der Waals surface area contributed by atoms with Gasteiger partial charge in [0, 0.05) is 13.6 Å². The number of hydrogen-bond acceptors (Lipinski definition) is 6. The fourth-order valence-corrected chi connectivity index (χ4v) is 3.72. The van der Waals surface area contributed by atoms with E-state index in [1.54, 1.807) is 6.92 Å². The van der Waals surface area contributed by atoms with E-state index in [9.17, 15) is 5.11 Å². The maximum atomic E-state index is 11.0. The highest BCUT2D eigenvalue weighted by Gasteiger charge is 2.35. The predicted molar refractivity (Wildman–Crippen MR) is 92.9 cm³/mol. The Bertz CT molecular complexity index is 887. The maximum Gasteiger partial charge on any atom is 0.229 e. The largest absolute Gasteiger partial charge is 0.388 e. The Morgan fingerprint density at radius 3 is 2.88 bits per heavy atom. The van der Waals surface area contributed by atoms with E-state index >= 15 is 0 Å². The van der Waals surface area contributed by atoms with Crippen LogP contribution in [-0.4, -0.2) is 48.4 Å². The number of aromatic nitrogens is 4. The summed E-state index contributed by atoms with van der Waals surface area (Å²) in [6.45, 7) is 4.04. The number of rotatable bonds is 4. The Morgan fingerprint density at radius 1 is 1.28 bits per heavy atom. The summed E-state index contributed by atoms with van der Waals surface area (Å²) >= 11 is 0. The lowest BCUT2D eigenvalue weighted by Gasteiger charge is -2.38. The van der Waals surface area contributed by atoms with Gasteiger partial charge in [0.2, 0.25) is 5.89 Å². The summed E-state index contributed by atoms with van der Waals surface area (Å²) in [6, 6.07) is 8.14. The Labute approximate surface area is 146 Å². The molecule has 4 rings (SSSR count). The average Bonchev–Trinajstić information content (AvgIpc) is 3.11. The number of benzene rings is 1. The smallest absolute Gasteiger partial charge is 0.229 e. The van der Waals surface area contributed by atoms with Crippen molar-refractivity contribution in [3.63, 3.8) is 0 Å². The summed E-state index contributed by atoms with van der Waals surface area (Å²) in [5.74, 6) is 2.12. The van der Waals surface area contributed by atoms with Crippen molar-refractivity contribution in [1.29, 1.82) is 0 Å². The molecule has 0 radical (unpaired) electrons. The first kappa shape index (κ1) is 16.2. The Morgan fingerprint density at radius 2 is 2.12 bits per heavy atom. The molecule has 132 valence electrons. The van der Waals surface area contributed by atoms with Crippen molar-refractivity contribution in [1.82, 2.24) is 24.6 Å². The van der Waals surface area contributed by atoms with Gasteiger partial charge < -0.3 is 14.2 Å². The van der Waals surface area contributed by atoms with Crippen LogP contribution < -0.4 is 0 Å². The third kappa shape index (κ3) is 3.29. The second-order valence-electron chi connectivity index (χ2n) is 7.03. The molecular weight excluding hydrogens is 318 g/mol. The van der Waals surface area contributed by atoms with E-state index in [1.165, 1.54) is 0 Å². The number of imidazole rings is 1. The van der Waals surface area contributed by atoms with E-state index in [0.717, 1.165) is 42.8 Å². The lowest BCUT2D eigenvalue weighted by atomic mass is 9.89. The normalized spacial score (nSPS) is 21.9. The van der Waals surface area contributed by atoms with Crippen molar-refractivity contribution in [3.05, 3.63) is 41.8 Å². The molecule has 7 heteroatoms. The number of likely N-dealkylation sites (tertiary alicyclic amines) is 1. The van der Waals surface area contributed by atoms with Crippen LogP contribution in [0.5, 0.6) is 0 Å². The zero-order valence-corrected chi connectivity index (χ0v) is 14.6. The van der Waals surface area contributed by atoms with Gasteiger partial charge in [-0.2, -0.15) is 4.98 Å². The van der Waals surface area contributed by atoms with Crippen LogP contribution in [0.25, 0.3) is 11.0 Å². The van der Waals surface area contributed by atoms with Gasteiger partial charge in [-0.3, -0.25) is 4.90 Å². The molecule has 1 fully saturated rings. The number of fused-ring (bicyclic) bond motifs is 1. The highest BCUT2D eigenvalue weighted by atomic mass is 16.5. The third-order valence-corrected chi connectivity index (χ3v) is 4.93. The SMILES string of the molecule is Cc1noc(CC2(O)CCCN(Cc3nc4ccccc4n3C)C2)n1. The molecule has 1 aliphatic heterocycles. The van der Waals surface area contributed by atoms with Gasteiger partial charge in [-0.15, -0.1) is 0 Å². The number of aryl methyl sites for hydroxylation is 2. The zero-order chi connectivity index (χ0) is 17.4. The van der Waals surface area contributed by atoms with Crippen LogP contribution in [-0.2, 0) is 20.0 Å². The van der Waals surface area contributed by atoms with E-state index < -0.39 is 5.60 Å². The molecule has 0 saturated carbocycles. The van der Waals surface area contributed by atoms with Crippen molar-refractivity contribution in [2.45, 2.75) is 38.3 Å². The number of aliphatic hydroxyl groups is 1. The molecule has 3 aromatic rings. The van der Waals surface area contributed by atoms with Gasteiger partial charge >= 0.3 is 0 Å². The van der Waals surface area contributed by atoms with E-state index in [0.29, 0.717) is 24.7 Å². The second-order valence-corrected chi connectivity index (χ2v) is 7.03. The fourth-order valence-electron chi connectivity index (χ4n) is 3.72. The van der Waals surface area contributed by atoms with Gasteiger partial charge in [0.1, 0.15) is 5.82 Å². The van der Waals surface area contributed by atoms with Crippen LogP contribution in [0.3, 0.4) is 0 Å². The number of nitrogens with zero attached hydrogens (tertiary/aromatic N) is 5. The molecule has 1 unspecified atom stereocenters. The molecule has 25 heavy (non-hydrogen) atoms. The molecule has 1 atom stereocenters. The van der Waals surface area contributed by atoms with Crippen LogP contribution in [0.1, 0.15) is 30.4 Å². The number of hydrogen-bond donors (Lipinski definition) is 1. The standard InChI is InChI=1S/C18H23N5O2/c1-13-19-17(25-21-13)10-18(24)8-5-9-23(12-18)11-16-20-14-6-3-4-7-15(14)22(16)2/h3-4,6-7,24H,5,8-12H2,1-2H3. The van der Waals surface area contributed by atoms with Gasteiger partial charge in [-0.05, 0) is 38.4 Å². The second kappa shape index (κ2) is 6.24. The van der Waals surface area contributed by atoms with Crippen molar-refractivity contribution < 1.29 is 9.63 Å². The summed E-state index contributed by atoms with van der Waals surface area (Å²) < 4.78 is 7.32. The monoisotopic (exact) mass is 341 g/mol. The first-order chi connectivity index (χ1) is 12.0.